The zero-order valence-electron chi connectivity index (χ0n) is 10.8. The van der Waals surface area contributed by atoms with Crippen molar-refractivity contribution in [1.29, 1.82) is 0 Å². The van der Waals surface area contributed by atoms with Gasteiger partial charge in [0.05, 0.1) is 6.42 Å². The van der Waals surface area contributed by atoms with Crippen molar-refractivity contribution in [1.82, 2.24) is 4.72 Å². The zero-order chi connectivity index (χ0) is 14.8. The molecule has 1 aromatic rings. The molecular weight excluding hydrogens is 302 g/mol. The van der Waals surface area contributed by atoms with Crippen LogP contribution < -0.4 is 4.72 Å². The Morgan fingerprint density at radius 3 is 2.65 bits per heavy atom. The first kappa shape index (κ1) is 15.4. The van der Waals surface area contributed by atoms with Crippen molar-refractivity contribution in [2.75, 3.05) is 13.2 Å². The molecule has 0 aromatic carbocycles. The quantitative estimate of drug-likeness (QED) is 0.658. The van der Waals surface area contributed by atoms with Gasteiger partial charge in [-0.15, -0.1) is 11.3 Å². The van der Waals surface area contributed by atoms with Gasteiger partial charge in [-0.3, -0.25) is 4.79 Å². The molecule has 0 aliphatic heterocycles. The number of aliphatic hydroxyl groups excluding tert-OH is 1. The van der Waals surface area contributed by atoms with Gasteiger partial charge < -0.3 is 10.2 Å². The Labute approximate surface area is 121 Å². The first-order valence-corrected chi connectivity index (χ1v) is 8.58. The molecule has 0 spiro atoms. The molecule has 2 rings (SSSR count). The van der Waals surface area contributed by atoms with Gasteiger partial charge in [0.25, 0.3) is 0 Å². The molecule has 0 radical (unpaired) electrons. The molecule has 1 saturated carbocycles. The Hall–Kier alpha value is -0.960. The van der Waals surface area contributed by atoms with Crippen molar-refractivity contribution in [3.05, 3.63) is 17.0 Å². The van der Waals surface area contributed by atoms with E-state index in [1.165, 1.54) is 12.1 Å². The van der Waals surface area contributed by atoms with Crippen LogP contribution in [0.25, 0.3) is 0 Å². The lowest BCUT2D eigenvalue weighted by molar-refractivity contribution is -0.136. The van der Waals surface area contributed by atoms with E-state index in [0.29, 0.717) is 17.8 Å². The second-order valence-electron chi connectivity index (χ2n) is 5.09. The maximum absolute atomic E-state index is 12.1. The summed E-state index contributed by atoms with van der Waals surface area (Å²) in [6.07, 6.45) is 2.27. The molecule has 1 fully saturated rings. The van der Waals surface area contributed by atoms with Gasteiger partial charge in [0.1, 0.15) is 4.21 Å². The fourth-order valence-corrected chi connectivity index (χ4v) is 4.54. The number of carboxylic acids is 1. The van der Waals surface area contributed by atoms with Gasteiger partial charge in [0, 0.05) is 18.0 Å². The molecule has 3 N–H and O–H groups in total. The fraction of sp³-hybridized carbons (Fsp3) is 0.583. The molecule has 1 aromatic heterocycles. The summed E-state index contributed by atoms with van der Waals surface area (Å²) >= 11 is 0.972. The predicted octanol–water partition coefficient (Wildman–Crippen LogP) is 0.816. The van der Waals surface area contributed by atoms with Gasteiger partial charge in [-0.1, -0.05) is 0 Å². The monoisotopic (exact) mass is 319 g/mol. The molecule has 1 aliphatic carbocycles. The Kier molecular flexibility index (Phi) is 4.48. The third kappa shape index (κ3) is 3.78. The van der Waals surface area contributed by atoms with Gasteiger partial charge in [0.2, 0.25) is 10.0 Å². The van der Waals surface area contributed by atoms with E-state index in [1.807, 2.05) is 0 Å². The summed E-state index contributed by atoms with van der Waals surface area (Å²) in [5.41, 5.74) is -0.0943. The van der Waals surface area contributed by atoms with E-state index in [2.05, 4.69) is 4.72 Å². The van der Waals surface area contributed by atoms with Gasteiger partial charge in [-0.2, -0.15) is 0 Å². The highest BCUT2D eigenvalue weighted by Gasteiger charge is 2.42. The average molecular weight is 319 g/mol. The van der Waals surface area contributed by atoms with E-state index in [0.717, 1.165) is 24.2 Å². The minimum atomic E-state index is -3.59. The normalized spacial score (nSPS) is 17.1. The number of carboxylic acid groups (broad SMARTS) is 1. The summed E-state index contributed by atoms with van der Waals surface area (Å²) in [7, 11) is -3.59. The van der Waals surface area contributed by atoms with Crippen LogP contribution in [0.2, 0.25) is 0 Å². The van der Waals surface area contributed by atoms with Crippen LogP contribution in [0.1, 0.15) is 24.1 Å². The van der Waals surface area contributed by atoms with E-state index in [9.17, 15) is 13.2 Å². The molecular formula is C12H17NO5S2. The number of sulfonamides is 1. The molecule has 0 bridgehead atoms. The van der Waals surface area contributed by atoms with Crippen molar-refractivity contribution in [2.24, 2.45) is 5.41 Å². The van der Waals surface area contributed by atoms with Crippen LogP contribution >= 0.6 is 11.3 Å². The van der Waals surface area contributed by atoms with E-state index in [-0.39, 0.29) is 22.7 Å². The zero-order valence-corrected chi connectivity index (χ0v) is 12.5. The van der Waals surface area contributed by atoms with E-state index in [4.69, 9.17) is 10.2 Å². The summed E-state index contributed by atoms with van der Waals surface area (Å²) in [4.78, 5) is 11.1. The number of nitrogens with one attached hydrogen (secondary N) is 1. The summed E-state index contributed by atoms with van der Waals surface area (Å²) in [5.74, 6) is -0.983. The van der Waals surface area contributed by atoms with Crippen LogP contribution in [-0.2, 0) is 21.2 Å². The van der Waals surface area contributed by atoms with Gasteiger partial charge >= 0.3 is 5.97 Å². The minimum absolute atomic E-state index is 0.0590. The van der Waals surface area contributed by atoms with Crippen molar-refractivity contribution in [3.63, 3.8) is 0 Å². The first-order chi connectivity index (χ1) is 9.37. The lowest BCUT2D eigenvalue weighted by Gasteiger charge is -2.13. The number of carbonyl (C=O) groups is 1. The molecule has 1 heterocycles. The fourth-order valence-electron chi connectivity index (χ4n) is 2.00. The van der Waals surface area contributed by atoms with Gasteiger partial charge in [-0.05, 0) is 36.8 Å². The van der Waals surface area contributed by atoms with Crippen LogP contribution in [0.3, 0.4) is 0 Å². The Bertz CT molecular complexity index is 589. The summed E-state index contributed by atoms with van der Waals surface area (Å²) in [6, 6.07) is 2.95. The van der Waals surface area contributed by atoms with Gasteiger partial charge in [-0.25, -0.2) is 13.1 Å². The largest absolute Gasteiger partial charge is 0.481 e. The summed E-state index contributed by atoms with van der Waals surface area (Å²) in [6.45, 7) is 0.381. The third-order valence-corrected chi connectivity index (χ3v) is 6.44. The van der Waals surface area contributed by atoms with Crippen LogP contribution in [0.5, 0.6) is 0 Å². The molecule has 112 valence electrons. The lowest BCUT2D eigenvalue weighted by Crippen LogP contribution is -2.30. The SMILES string of the molecule is O=C(O)Cc1ccc(S(=O)(=O)NCC2(CCO)CC2)s1. The highest BCUT2D eigenvalue weighted by molar-refractivity contribution is 7.91. The second-order valence-corrected chi connectivity index (χ2v) is 8.25. The number of rotatable bonds is 8. The number of aliphatic hydroxyl groups is 1. The highest BCUT2D eigenvalue weighted by atomic mass is 32.2. The van der Waals surface area contributed by atoms with Crippen molar-refractivity contribution in [2.45, 2.75) is 29.9 Å². The predicted molar refractivity (Wildman–Crippen MR) is 74.2 cm³/mol. The van der Waals surface area contributed by atoms with Crippen LogP contribution in [0.15, 0.2) is 16.3 Å². The molecule has 0 atom stereocenters. The molecule has 0 unspecified atom stereocenters. The first-order valence-electron chi connectivity index (χ1n) is 6.28. The van der Waals surface area contributed by atoms with Crippen molar-refractivity contribution >= 4 is 27.3 Å². The minimum Gasteiger partial charge on any atom is -0.481 e. The third-order valence-electron chi connectivity index (χ3n) is 3.46. The Morgan fingerprint density at radius 2 is 2.10 bits per heavy atom. The van der Waals surface area contributed by atoms with Crippen LogP contribution in [0, 0.1) is 5.41 Å². The Balaban J connectivity index is 1.99. The Morgan fingerprint density at radius 1 is 1.40 bits per heavy atom. The number of aliphatic carboxylic acids is 1. The smallest absolute Gasteiger partial charge is 0.308 e. The number of hydrogen-bond acceptors (Lipinski definition) is 5. The molecule has 1 aliphatic rings. The van der Waals surface area contributed by atoms with Crippen molar-refractivity contribution < 1.29 is 23.4 Å². The molecule has 6 nitrogen and oxygen atoms in total. The number of thiophene rings is 1. The lowest BCUT2D eigenvalue weighted by atomic mass is 10.0. The average Bonchev–Trinajstić information content (AvgIpc) is 2.96. The van der Waals surface area contributed by atoms with Crippen LogP contribution in [0.4, 0.5) is 0 Å². The second kappa shape index (κ2) is 5.80. The maximum Gasteiger partial charge on any atom is 0.308 e. The van der Waals surface area contributed by atoms with Gasteiger partial charge in [0.15, 0.2) is 0 Å². The standard InChI is InChI=1S/C12H17NO5S2/c14-6-5-12(3-4-12)8-13-20(17,18)11-2-1-9(19-11)7-10(15)16/h1-2,13-14H,3-8H2,(H,15,16). The van der Waals surface area contributed by atoms with E-state index < -0.39 is 16.0 Å². The summed E-state index contributed by atoms with van der Waals surface area (Å²) < 4.78 is 26.9. The maximum atomic E-state index is 12.1. The van der Waals surface area contributed by atoms with E-state index in [1.54, 1.807) is 0 Å². The highest BCUT2D eigenvalue weighted by Crippen LogP contribution is 2.48. The molecule has 20 heavy (non-hydrogen) atoms. The summed E-state index contributed by atoms with van der Waals surface area (Å²) in [5, 5.41) is 17.6. The van der Waals surface area contributed by atoms with Crippen LogP contribution in [-0.4, -0.2) is 37.8 Å². The number of hydrogen-bond donors (Lipinski definition) is 3. The van der Waals surface area contributed by atoms with Crippen molar-refractivity contribution in [3.8, 4) is 0 Å². The molecule has 0 saturated heterocycles. The topological polar surface area (TPSA) is 104 Å². The molecule has 8 heteroatoms. The molecule has 0 amide bonds. The van der Waals surface area contributed by atoms with E-state index >= 15 is 0 Å².